The van der Waals surface area contributed by atoms with Crippen LogP contribution in [0.4, 0.5) is 9.59 Å². The third-order valence-corrected chi connectivity index (χ3v) is 7.27. The molecule has 0 saturated carbocycles. The van der Waals surface area contributed by atoms with Crippen LogP contribution in [0.25, 0.3) is 0 Å². The fourth-order valence-electron chi connectivity index (χ4n) is 5.07. The van der Waals surface area contributed by atoms with Crippen molar-refractivity contribution in [3.05, 3.63) is 71.8 Å². The van der Waals surface area contributed by atoms with Crippen molar-refractivity contribution in [2.45, 2.75) is 77.9 Å². The van der Waals surface area contributed by atoms with Crippen molar-refractivity contribution in [2.24, 2.45) is 0 Å². The van der Waals surface area contributed by atoms with Crippen molar-refractivity contribution in [2.75, 3.05) is 45.9 Å². The largest absolute Gasteiger partial charge is 0.444 e. The molecule has 0 aromatic heterocycles. The Kier molecular flexibility index (Phi) is 12.7. The molecule has 2 unspecified atom stereocenters. The minimum Gasteiger partial charge on any atom is -0.444 e. The minimum atomic E-state index is -0.519. The van der Waals surface area contributed by atoms with E-state index >= 15 is 0 Å². The zero-order chi connectivity index (χ0) is 32.3. The summed E-state index contributed by atoms with van der Waals surface area (Å²) in [5, 5.41) is 9.65. The number of carbonyl (C=O) groups excluding carboxylic acids is 3. The van der Waals surface area contributed by atoms with Crippen molar-refractivity contribution in [1.82, 2.24) is 19.6 Å². The first-order valence-corrected chi connectivity index (χ1v) is 15.4. The molecule has 2 aromatic carbocycles. The van der Waals surface area contributed by atoms with Gasteiger partial charge in [-0.1, -0.05) is 60.7 Å². The number of amides is 2. The molecule has 4 rings (SSSR count). The number of aliphatic hydroxyl groups excluding tert-OH is 1. The highest BCUT2D eigenvalue weighted by atomic mass is 16.6. The van der Waals surface area contributed by atoms with Crippen molar-refractivity contribution in [3.8, 4) is 0 Å². The monoisotopic (exact) mass is 610 g/mol. The molecule has 2 aromatic rings. The quantitative estimate of drug-likeness (QED) is 0.480. The zero-order valence-corrected chi connectivity index (χ0v) is 27.1. The predicted molar refractivity (Wildman–Crippen MR) is 170 cm³/mol. The maximum absolute atomic E-state index is 12.1. The number of aliphatic hydroxyl groups is 1. The van der Waals surface area contributed by atoms with Crippen LogP contribution in [0.15, 0.2) is 60.7 Å². The maximum Gasteiger partial charge on any atom is 0.410 e. The summed E-state index contributed by atoms with van der Waals surface area (Å²) >= 11 is 0. The van der Waals surface area contributed by atoms with Crippen molar-refractivity contribution in [1.29, 1.82) is 0 Å². The van der Waals surface area contributed by atoms with Gasteiger partial charge in [-0.2, -0.15) is 0 Å². The second-order valence-electron chi connectivity index (χ2n) is 13.3. The molecule has 2 aliphatic heterocycles. The highest BCUT2D eigenvalue weighted by Crippen LogP contribution is 2.18. The number of benzene rings is 2. The lowest BCUT2D eigenvalue weighted by Crippen LogP contribution is -2.56. The molecular formula is C34H50N4O6. The average molecular weight is 611 g/mol. The van der Waals surface area contributed by atoms with Gasteiger partial charge in [0.1, 0.15) is 17.5 Å². The summed E-state index contributed by atoms with van der Waals surface area (Å²) in [6, 6.07) is 19.9. The lowest BCUT2D eigenvalue weighted by atomic mass is 10.1. The average Bonchev–Trinajstić information content (AvgIpc) is 2.97. The van der Waals surface area contributed by atoms with E-state index in [1.54, 1.807) is 9.80 Å². The van der Waals surface area contributed by atoms with Crippen LogP contribution in [-0.4, -0.2) is 112 Å². The van der Waals surface area contributed by atoms with Crippen LogP contribution < -0.4 is 0 Å². The second-order valence-corrected chi connectivity index (χ2v) is 13.3. The Morgan fingerprint density at radius 2 is 1.16 bits per heavy atom. The Hall–Kier alpha value is -3.47. The lowest BCUT2D eigenvalue weighted by Gasteiger charge is -2.40. The molecule has 1 N–H and O–H groups in total. The van der Waals surface area contributed by atoms with E-state index in [4.69, 9.17) is 9.47 Å². The van der Waals surface area contributed by atoms with Gasteiger partial charge >= 0.3 is 12.2 Å². The summed E-state index contributed by atoms with van der Waals surface area (Å²) in [5.41, 5.74) is 1.37. The fraction of sp³-hybridized carbons (Fsp3) is 0.559. The van der Waals surface area contributed by atoms with E-state index in [0.717, 1.165) is 19.4 Å². The highest BCUT2D eigenvalue weighted by molar-refractivity contribution is 5.70. The van der Waals surface area contributed by atoms with E-state index in [1.165, 1.54) is 11.1 Å². The third kappa shape index (κ3) is 11.6. The van der Waals surface area contributed by atoms with Gasteiger partial charge in [-0.05, 0) is 52.7 Å². The van der Waals surface area contributed by atoms with Crippen molar-refractivity contribution in [3.63, 3.8) is 0 Å². The smallest absolute Gasteiger partial charge is 0.410 e. The van der Waals surface area contributed by atoms with Gasteiger partial charge in [-0.15, -0.1) is 0 Å². The molecule has 2 fully saturated rings. The van der Waals surface area contributed by atoms with Crippen LogP contribution in [0.1, 0.15) is 52.7 Å². The molecular weight excluding hydrogens is 560 g/mol. The number of rotatable bonds is 6. The molecule has 2 atom stereocenters. The number of hydrogen-bond donors (Lipinski definition) is 1. The molecule has 44 heavy (non-hydrogen) atoms. The lowest BCUT2D eigenvalue weighted by molar-refractivity contribution is -0.114. The minimum absolute atomic E-state index is 0.0339. The molecule has 2 saturated heterocycles. The molecule has 2 amide bonds. The molecule has 2 aliphatic rings. The van der Waals surface area contributed by atoms with E-state index in [9.17, 15) is 19.5 Å². The van der Waals surface area contributed by atoms with Crippen LogP contribution in [0.3, 0.4) is 0 Å². The van der Waals surface area contributed by atoms with Gasteiger partial charge in [0.25, 0.3) is 0 Å². The van der Waals surface area contributed by atoms with Crippen LogP contribution in [-0.2, 0) is 27.4 Å². The van der Waals surface area contributed by atoms with Crippen LogP contribution >= 0.6 is 0 Å². The number of hydrogen-bond acceptors (Lipinski definition) is 8. The molecule has 2 heterocycles. The predicted octanol–water partition coefficient (Wildman–Crippen LogP) is 4.41. The molecule has 0 aliphatic carbocycles. The molecule has 0 spiro atoms. The summed E-state index contributed by atoms with van der Waals surface area (Å²) in [6.45, 7) is 16.1. The second kappa shape index (κ2) is 16.0. The van der Waals surface area contributed by atoms with E-state index < -0.39 is 11.2 Å². The van der Waals surface area contributed by atoms with Gasteiger partial charge in [0.2, 0.25) is 0 Å². The molecule has 0 bridgehead atoms. The number of ether oxygens (including phenoxy) is 2. The SMILES string of the molecule is CC(C)(C)OC(=O)N1CCN(Cc2ccccc2)C(C=O)C1.CC(C)(C)OC(=O)N1CCN(Cc2ccccc2)C(CO)C1. The van der Waals surface area contributed by atoms with Crippen LogP contribution in [0, 0.1) is 0 Å². The van der Waals surface area contributed by atoms with E-state index in [-0.39, 0.29) is 30.9 Å². The highest BCUT2D eigenvalue weighted by Gasteiger charge is 2.33. The number of aldehydes is 1. The van der Waals surface area contributed by atoms with E-state index in [2.05, 4.69) is 21.9 Å². The number of carbonyl (C=O) groups is 3. The first-order chi connectivity index (χ1) is 20.8. The Labute approximate surface area is 262 Å². The molecule has 242 valence electrons. The summed E-state index contributed by atoms with van der Waals surface area (Å²) in [7, 11) is 0. The normalized spacial score (nSPS) is 19.9. The summed E-state index contributed by atoms with van der Waals surface area (Å²) in [4.78, 5) is 43.3. The molecule has 10 nitrogen and oxygen atoms in total. The standard InChI is InChI=1S/C17H26N2O3.C17H24N2O3/c2*1-17(2,3)22-16(21)19-10-9-18(15(12-19)13-20)11-14-7-5-4-6-8-14/h4-8,15,20H,9-13H2,1-3H3;4-8,13,15H,9-12H2,1-3H3. The summed E-state index contributed by atoms with van der Waals surface area (Å²) in [6.07, 6.45) is 0.267. The van der Waals surface area contributed by atoms with Gasteiger partial charge in [0, 0.05) is 52.4 Å². The topological polar surface area (TPSA) is 103 Å². The third-order valence-electron chi connectivity index (χ3n) is 7.27. The number of nitrogens with zero attached hydrogens (tertiary/aromatic N) is 4. The zero-order valence-electron chi connectivity index (χ0n) is 27.1. The first-order valence-electron chi connectivity index (χ1n) is 15.4. The molecule has 10 heteroatoms. The first kappa shape index (κ1) is 35.0. The van der Waals surface area contributed by atoms with E-state index in [1.807, 2.05) is 90.1 Å². The Bertz CT molecular complexity index is 1180. The van der Waals surface area contributed by atoms with E-state index in [0.29, 0.717) is 39.3 Å². The maximum atomic E-state index is 12.1. The van der Waals surface area contributed by atoms with Crippen LogP contribution in [0.5, 0.6) is 0 Å². The van der Waals surface area contributed by atoms with Gasteiger partial charge in [0.05, 0.1) is 18.7 Å². The van der Waals surface area contributed by atoms with Crippen LogP contribution in [0.2, 0.25) is 0 Å². The number of piperazine rings is 2. The fourth-order valence-corrected chi connectivity index (χ4v) is 5.07. The Balaban J connectivity index is 0.000000240. The van der Waals surface area contributed by atoms with Gasteiger partial charge in [-0.25, -0.2) is 9.59 Å². The Morgan fingerprint density at radius 1 is 0.727 bits per heavy atom. The van der Waals surface area contributed by atoms with Crippen molar-refractivity contribution >= 4 is 18.5 Å². The summed E-state index contributed by atoms with van der Waals surface area (Å²) < 4.78 is 10.8. The van der Waals surface area contributed by atoms with Gasteiger partial charge in [-0.3, -0.25) is 9.80 Å². The summed E-state index contributed by atoms with van der Waals surface area (Å²) in [5.74, 6) is 0. The van der Waals surface area contributed by atoms with Gasteiger partial charge < -0.3 is 29.2 Å². The molecule has 0 radical (unpaired) electrons. The van der Waals surface area contributed by atoms with Gasteiger partial charge in [0.15, 0.2) is 0 Å². The van der Waals surface area contributed by atoms with Crippen molar-refractivity contribution < 1.29 is 29.0 Å². The Morgan fingerprint density at radius 3 is 1.59 bits per heavy atom.